The van der Waals surface area contributed by atoms with E-state index >= 15 is 0 Å². The molecular formula is C28H22BrCl3N2O6. The summed E-state index contributed by atoms with van der Waals surface area (Å²) in [6, 6.07) is 11.0. The van der Waals surface area contributed by atoms with E-state index in [4.69, 9.17) is 39.5 Å². The second-order valence-electron chi connectivity index (χ2n) is 10.4. The number of alkyl halides is 3. The van der Waals surface area contributed by atoms with Gasteiger partial charge < -0.3 is 9.84 Å². The van der Waals surface area contributed by atoms with Crippen molar-refractivity contribution in [2.24, 2.45) is 17.8 Å². The van der Waals surface area contributed by atoms with Crippen molar-refractivity contribution in [3.05, 3.63) is 64.7 Å². The third-order valence-electron chi connectivity index (χ3n) is 8.64. The lowest BCUT2D eigenvalue weighted by molar-refractivity contribution is -0.138. The Morgan fingerprint density at radius 1 is 1.02 bits per heavy atom. The van der Waals surface area contributed by atoms with Gasteiger partial charge in [-0.3, -0.25) is 29.0 Å². The molecular weight excluding hydrogens is 647 g/mol. The second-order valence-corrected chi connectivity index (χ2v) is 12.6. The molecule has 6 unspecified atom stereocenters. The Labute approximate surface area is 252 Å². The molecule has 0 bridgehead atoms. The van der Waals surface area contributed by atoms with Crippen LogP contribution in [-0.4, -0.2) is 55.9 Å². The SMILES string of the molecule is COc1ccc(C2C3=CCC4C(=O)N(c5ccc(Cl)cc5)C(=O)C4C3CC3(Cl)C(=O)N(CBr)C(=O)C23Cl)cc1O. The van der Waals surface area contributed by atoms with Gasteiger partial charge in [0.05, 0.1) is 30.1 Å². The first-order valence-corrected chi connectivity index (χ1v) is 14.8. The Morgan fingerprint density at radius 2 is 1.73 bits per heavy atom. The standard InChI is InChI=1S/C28H22BrCl3N2O6/c1-40-20-9-2-13(10-19(20)35)22-16-7-8-17-21(24(37)34(23(17)36)15-5-3-14(30)4-6-15)18(16)11-27(31)25(38)33(12-29)26(39)28(22,27)32/h2-7,9-10,17-18,21-22,35H,8,11-12H2,1H3. The zero-order chi connectivity index (χ0) is 28.7. The molecule has 0 radical (unpaired) electrons. The maximum absolute atomic E-state index is 14.0. The highest BCUT2D eigenvalue weighted by Crippen LogP contribution is 2.65. The van der Waals surface area contributed by atoms with Crippen molar-refractivity contribution in [1.29, 1.82) is 0 Å². The Balaban J connectivity index is 1.52. The number of carbonyl (C=O) groups is 4. The number of rotatable bonds is 4. The fourth-order valence-electron chi connectivity index (χ4n) is 6.86. The van der Waals surface area contributed by atoms with Crippen molar-refractivity contribution >= 4 is 80.0 Å². The number of allylic oxidation sites excluding steroid dienone is 2. The van der Waals surface area contributed by atoms with Gasteiger partial charge in [-0.2, -0.15) is 0 Å². The maximum Gasteiger partial charge on any atom is 0.254 e. The van der Waals surface area contributed by atoms with Crippen LogP contribution in [0.15, 0.2) is 54.1 Å². The number of likely N-dealkylation sites (tertiary alicyclic amines) is 1. The number of fused-ring (bicyclic) bond motifs is 4. The van der Waals surface area contributed by atoms with Crippen LogP contribution in [0.2, 0.25) is 5.02 Å². The van der Waals surface area contributed by atoms with E-state index in [9.17, 15) is 24.3 Å². The van der Waals surface area contributed by atoms with Crippen LogP contribution >= 0.6 is 50.7 Å². The van der Waals surface area contributed by atoms with Gasteiger partial charge in [0.1, 0.15) is 0 Å². The first-order chi connectivity index (χ1) is 19.0. The van der Waals surface area contributed by atoms with Gasteiger partial charge in [-0.05, 0) is 60.7 Å². The Kier molecular flexibility index (Phi) is 6.53. The number of carbonyl (C=O) groups excluding carboxylic acids is 4. The van der Waals surface area contributed by atoms with Crippen LogP contribution < -0.4 is 9.64 Å². The average molecular weight is 669 g/mol. The van der Waals surface area contributed by atoms with Gasteiger partial charge in [0.25, 0.3) is 11.8 Å². The molecule has 1 saturated carbocycles. The summed E-state index contributed by atoms with van der Waals surface area (Å²) in [6.07, 6.45) is 1.95. The Bertz CT molecular complexity index is 1520. The Hall–Kier alpha value is -2.59. The van der Waals surface area contributed by atoms with Crippen LogP contribution in [0.25, 0.3) is 0 Å². The molecule has 12 heteroatoms. The molecule has 4 amide bonds. The number of imide groups is 2. The third kappa shape index (κ3) is 3.50. The molecule has 3 fully saturated rings. The summed E-state index contributed by atoms with van der Waals surface area (Å²) >= 11 is 23.6. The smallest absolute Gasteiger partial charge is 0.254 e. The van der Waals surface area contributed by atoms with E-state index in [0.29, 0.717) is 21.8 Å². The molecule has 6 atom stereocenters. The molecule has 1 N–H and O–H groups in total. The zero-order valence-corrected chi connectivity index (χ0v) is 24.8. The summed E-state index contributed by atoms with van der Waals surface area (Å²) in [5.74, 6) is -5.25. The summed E-state index contributed by atoms with van der Waals surface area (Å²) < 4.78 is 5.19. The summed E-state index contributed by atoms with van der Waals surface area (Å²) in [5.41, 5.74) is 1.34. The van der Waals surface area contributed by atoms with E-state index in [0.717, 1.165) is 9.80 Å². The fourth-order valence-corrected chi connectivity index (χ4v) is 8.41. The topological polar surface area (TPSA) is 104 Å². The number of halogens is 4. The van der Waals surface area contributed by atoms with Crippen LogP contribution in [0.1, 0.15) is 24.3 Å². The molecule has 2 aliphatic heterocycles. The van der Waals surface area contributed by atoms with Crippen LogP contribution in [0.3, 0.4) is 0 Å². The van der Waals surface area contributed by atoms with Crippen molar-refractivity contribution in [3.8, 4) is 11.5 Å². The number of phenols is 1. The number of nitrogens with zero attached hydrogens (tertiary/aromatic N) is 2. The fraction of sp³-hybridized carbons (Fsp3) is 0.357. The molecule has 2 heterocycles. The normalized spacial score (nSPS) is 33.1. The van der Waals surface area contributed by atoms with E-state index in [2.05, 4.69) is 15.9 Å². The summed E-state index contributed by atoms with van der Waals surface area (Å²) in [6.45, 7) is 0. The third-order valence-corrected chi connectivity index (χ3v) is 10.8. The van der Waals surface area contributed by atoms with E-state index in [-0.39, 0.29) is 35.7 Å². The quantitative estimate of drug-likeness (QED) is 0.214. The summed E-state index contributed by atoms with van der Waals surface area (Å²) in [5, 5.41) is 11.1. The molecule has 0 spiro atoms. The molecule has 8 nitrogen and oxygen atoms in total. The summed E-state index contributed by atoms with van der Waals surface area (Å²) in [7, 11) is 1.41. The highest BCUT2D eigenvalue weighted by molar-refractivity contribution is 9.09. The minimum Gasteiger partial charge on any atom is -0.504 e. The van der Waals surface area contributed by atoms with E-state index in [1.807, 2.05) is 6.08 Å². The first kappa shape index (κ1) is 27.6. The lowest BCUT2D eigenvalue weighted by atomic mass is 9.56. The molecule has 6 rings (SSSR count). The van der Waals surface area contributed by atoms with Crippen molar-refractivity contribution in [3.63, 3.8) is 0 Å². The highest BCUT2D eigenvalue weighted by Gasteiger charge is 2.76. The van der Waals surface area contributed by atoms with Crippen LogP contribution in [0, 0.1) is 17.8 Å². The van der Waals surface area contributed by atoms with Crippen molar-refractivity contribution in [2.75, 3.05) is 17.5 Å². The molecule has 4 aliphatic rings. The number of anilines is 1. The minimum atomic E-state index is -1.95. The molecule has 2 aromatic rings. The number of ether oxygens (including phenoxy) is 1. The number of hydrogen-bond donors (Lipinski definition) is 1. The van der Waals surface area contributed by atoms with Gasteiger partial charge in [-0.15, -0.1) is 23.2 Å². The monoisotopic (exact) mass is 666 g/mol. The second kappa shape index (κ2) is 9.48. The molecule has 208 valence electrons. The number of phenolic OH excluding ortho intramolecular Hbond substituents is 1. The zero-order valence-electron chi connectivity index (χ0n) is 20.9. The minimum absolute atomic E-state index is 0.119. The molecule has 40 heavy (non-hydrogen) atoms. The predicted octanol–water partition coefficient (Wildman–Crippen LogP) is 4.97. The number of amides is 4. The Morgan fingerprint density at radius 3 is 2.35 bits per heavy atom. The summed E-state index contributed by atoms with van der Waals surface area (Å²) in [4.78, 5) is 53.2. The van der Waals surface area contributed by atoms with Crippen molar-refractivity contribution in [1.82, 2.24) is 4.90 Å². The van der Waals surface area contributed by atoms with Gasteiger partial charge in [-0.1, -0.05) is 45.2 Å². The van der Waals surface area contributed by atoms with E-state index in [1.54, 1.807) is 30.3 Å². The van der Waals surface area contributed by atoms with E-state index < -0.39 is 51.1 Å². The molecule has 2 saturated heterocycles. The highest BCUT2D eigenvalue weighted by atomic mass is 79.9. The van der Waals surface area contributed by atoms with Gasteiger partial charge in [0, 0.05) is 10.9 Å². The van der Waals surface area contributed by atoms with Crippen molar-refractivity contribution in [2.45, 2.75) is 28.5 Å². The van der Waals surface area contributed by atoms with Gasteiger partial charge in [0.15, 0.2) is 21.2 Å². The number of methoxy groups -OCH3 is 1. The van der Waals surface area contributed by atoms with Gasteiger partial charge >= 0.3 is 0 Å². The lowest BCUT2D eigenvalue weighted by Crippen LogP contribution is -2.60. The molecule has 0 aromatic heterocycles. The molecule has 2 aromatic carbocycles. The molecule has 2 aliphatic carbocycles. The number of benzene rings is 2. The van der Waals surface area contributed by atoms with Crippen LogP contribution in [0.5, 0.6) is 11.5 Å². The predicted molar refractivity (Wildman–Crippen MR) is 152 cm³/mol. The largest absolute Gasteiger partial charge is 0.504 e. The lowest BCUT2D eigenvalue weighted by Gasteiger charge is -2.50. The number of aromatic hydroxyl groups is 1. The number of hydrogen-bond acceptors (Lipinski definition) is 6. The first-order valence-electron chi connectivity index (χ1n) is 12.5. The van der Waals surface area contributed by atoms with Crippen LogP contribution in [-0.2, 0) is 19.2 Å². The van der Waals surface area contributed by atoms with E-state index in [1.165, 1.54) is 19.2 Å². The van der Waals surface area contributed by atoms with Crippen molar-refractivity contribution < 1.29 is 29.0 Å². The van der Waals surface area contributed by atoms with Crippen LogP contribution in [0.4, 0.5) is 5.69 Å². The van der Waals surface area contributed by atoms with Gasteiger partial charge in [-0.25, -0.2) is 0 Å². The van der Waals surface area contributed by atoms with Gasteiger partial charge in [0.2, 0.25) is 11.8 Å². The maximum atomic E-state index is 14.0. The average Bonchev–Trinajstić information content (AvgIpc) is 3.27.